The van der Waals surface area contributed by atoms with E-state index in [2.05, 4.69) is 6.58 Å². The lowest BCUT2D eigenvalue weighted by molar-refractivity contribution is 0.183. The molecule has 6 heteroatoms. The van der Waals surface area contributed by atoms with Crippen molar-refractivity contribution in [2.24, 2.45) is 5.14 Å². The van der Waals surface area contributed by atoms with Gasteiger partial charge in [-0.2, -0.15) is 12.7 Å². The van der Waals surface area contributed by atoms with Crippen LogP contribution in [-0.2, 0) is 14.9 Å². The summed E-state index contributed by atoms with van der Waals surface area (Å²) in [5.41, 5.74) is 0. The maximum absolute atomic E-state index is 11.3. The Bertz CT molecular complexity index is 277. The van der Waals surface area contributed by atoms with E-state index in [-0.39, 0.29) is 6.04 Å². The summed E-state index contributed by atoms with van der Waals surface area (Å²) in [5.74, 6) is 0. The Morgan fingerprint density at radius 3 is 2.60 bits per heavy atom. The maximum Gasteiger partial charge on any atom is 0.277 e. The number of rotatable bonds is 8. The molecule has 0 aliphatic carbocycles. The number of methoxy groups -OCH3 is 1. The summed E-state index contributed by atoms with van der Waals surface area (Å²) in [5, 5.41) is 5.12. The number of ether oxygens (including phenoxy) is 1. The second-order valence-electron chi connectivity index (χ2n) is 3.38. The molecule has 0 aromatic rings. The quantitative estimate of drug-likeness (QED) is 0.492. The van der Waals surface area contributed by atoms with Crippen molar-refractivity contribution in [2.75, 3.05) is 20.3 Å². The van der Waals surface area contributed by atoms with Crippen LogP contribution in [0.15, 0.2) is 12.7 Å². The van der Waals surface area contributed by atoms with Gasteiger partial charge in [-0.05, 0) is 19.8 Å². The van der Waals surface area contributed by atoms with Gasteiger partial charge in [-0.25, -0.2) is 5.14 Å². The first-order valence-corrected chi connectivity index (χ1v) is 6.33. The molecular weight excluding hydrogens is 216 g/mol. The van der Waals surface area contributed by atoms with Gasteiger partial charge in [-0.15, -0.1) is 6.58 Å². The zero-order valence-electron chi connectivity index (χ0n) is 9.35. The molecule has 0 spiro atoms. The van der Waals surface area contributed by atoms with Gasteiger partial charge in [-0.1, -0.05) is 6.08 Å². The summed E-state index contributed by atoms with van der Waals surface area (Å²) in [4.78, 5) is 0. The van der Waals surface area contributed by atoms with Crippen LogP contribution in [0.2, 0.25) is 0 Å². The van der Waals surface area contributed by atoms with Crippen LogP contribution in [0.1, 0.15) is 19.8 Å². The lowest BCUT2D eigenvalue weighted by Crippen LogP contribution is -2.43. The highest BCUT2D eigenvalue weighted by atomic mass is 32.2. The first kappa shape index (κ1) is 14.6. The molecule has 0 saturated carbocycles. The van der Waals surface area contributed by atoms with E-state index in [0.29, 0.717) is 26.0 Å². The van der Waals surface area contributed by atoms with Gasteiger partial charge < -0.3 is 4.74 Å². The predicted molar refractivity (Wildman–Crippen MR) is 60.6 cm³/mol. The molecule has 15 heavy (non-hydrogen) atoms. The molecule has 0 rings (SSSR count). The molecule has 0 heterocycles. The normalized spacial score (nSPS) is 14.1. The zero-order valence-corrected chi connectivity index (χ0v) is 10.2. The van der Waals surface area contributed by atoms with Crippen molar-refractivity contribution >= 4 is 10.2 Å². The fraction of sp³-hybridized carbons (Fsp3) is 0.778. The van der Waals surface area contributed by atoms with Crippen LogP contribution < -0.4 is 5.14 Å². The molecule has 0 aromatic heterocycles. The van der Waals surface area contributed by atoms with Crippen molar-refractivity contribution in [3.8, 4) is 0 Å². The molecule has 2 N–H and O–H groups in total. The lowest BCUT2D eigenvalue weighted by Gasteiger charge is -2.25. The van der Waals surface area contributed by atoms with Gasteiger partial charge in [0.05, 0.1) is 0 Å². The smallest absolute Gasteiger partial charge is 0.277 e. The van der Waals surface area contributed by atoms with E-state index in [9.17, 15) is 8.42 Å². The summed E-state index contributed by atoms with van der Waals surface area (Å²) >= 11 is 0. The van der Waals surface area contributed by atoms with Crippen LogP contribution in [0.3, 0.4) is 0 Å². The molecule has 0 unspecified atom stereocenters. The zero-order chi connectivity index (χ0) is 11.9. The van der Waals surface area contributed by atoms with Crippen molar-refractivity contribution in [3.05, 3.63) is 12.7 Å². The first-order chi connectivity index (χ1) is 6.93. The van der Waals surface area contributed by atoms with Gasteiger partial charge in [0, 0.05) is 26.3 Å². The molecule has 0 amide bonds. The minimum absolute atomic E-state index is 0.158. The third kappa shape index (κ3) is 5.88. The Hall–Kier alpha value is -0.430. The van der Waals surface area contributed by atoms with E-state index >= 15 is 0 Å². The average Bonchev–Trinajstić information content (AvgIpc) is 2.10. The molecule has 0 aliphatic heterocycles. The Morgan fingerprint density at radius 1 is 1.60 bits per heavy atom. The van der Waals surface area contributed by atoms with Crippen LogP contribution in [0.4, 0.5) is 0 Å². The number of nitrogens with two attached hydrogens (primary N) is 1. The van der Waals surface area contributed by atoms with Gasteiger partial charge in [0.2, 0.25) is 0 Å². The molecule has 5 nitrogen and oxygen atoms in total. The highest BCUT2D eigenvalue weighted by Gasteiger charge is 2.22. The van der Waals surface area contributed by atoms with Gasteiger partial charge in [0.1, 0.15) is 0 Å². The summed E-state index contributed by atoms with van der Waals surface area (Å²) in [6, 6.07) is -0.158. The van der Waals surface area contributed by atoms with E-state index in [1.165, 1.54) is 4.31 Å². The van der Waals surface area contributed by atoms with Crippen molar-refractivity contribution in [3.63, 3.8) is 0 Å². The van der Waals surface area contributed by atoms with Crippen molar-refractivity contribution in [1.82, 2.24) is 4.31 Å². The molecule has 0 saturated heterocycles. The first-order valence-electron chi connectivity index (χ1n) is 4.83. The van der Waals surface area contributed by atoms with Crippen LogP contribution in [0.5, 0.6) is 0 Å². The molecule has 0 radical (unpaired) electrons. The van der Waals surface area contributed by atoms with Crippen molar-refractivity contribution < 1.29 is 13.2 Å². The Kier molecular flexibility index (Phi) is 6.75. The molecule has 0 aliphatic rings. The van der Waals surface area contributed by atoms with Crippen LogP contribution in [0, 0.1) is 0 Å². The van der Waals surface area contributed by atoms with Gasteiger partial charge >= 0.3 is 0 Å². The highest BCUT2D eigenvalue weighted by molar-refractivity contribution is 7.86. The predicted octanol–water partition coefficient (Wildman–Crippen LogP) is 0.493. The van der Waals surface area contributed by atoms with Gasteiger partial charge in [-0.3, -0.25) is 0 Å². The summed E-state index contributed by atoms with van der Waals surface area (Å²) in [7, 11) is -2.06. The summed E-state index contributed by atoms with van der Waals surface area (Å²) in [6.07, 6.45) is 2.90. The van der Waals surface area contributed by atoms with Gasteiger partial charge in [0.25, 0.3) is 10.2 Å². The highest BCUT2D eigenvalue weighted by Crippen LogP contribution is 2.08. The topological polar surface area (TPSA) is 72.6 Å². The Labute approximate surface area is 92.1 Å². The summed E-state index contributed by atoms with van der Waals surface area (Å²) in [6.45, 7) is 6.28. The monoisotopic (exact) mass is 236 g/mol. The number of hydrogen-bond acceptors (Lipinski definition) is 3. The number of nitrogens with zero attached hydrogens (tertiary/aromatic N) is 1. The van der Waals surface area contributed by atoms with Crippen LogP contribution in [-0.4, -0.2) is 39.0 Å². The van der Waals surface area contributed by atoms with Crippen LogP contribution >= 0.6 is 0 Å². The lowest BCUT2D eigenvalue weighted by atomic mass is 10.2. The third-order valence-electron chi connectivity index (χ3n) is 2.05. The van der Waals surface area contributed by atoms with E-state index < -0.39 is 10.2 Å². The molecule has 0 fully saturated rings. The standard InChI is InChI=1S/C9H20N2O3S/c1-4-6-9(2)11(15(10,12)13)7-5-8-14-3/h4,9H,1,5-8H2,2-3H3,(H2,10,12,13)/t9-/m0/s1. The third-order valence-corrected chi connectivity index (χ3v) is 3.25. The fourth-order valence-electron chi connectivity index (χ4n) is 1.32. The largest absolute Gasteiger partial charge is 0.385 e. The maximum atomic E-state index is 11.3. The van der Waals surface area contributed by atoms with E-state index in [1.54, 1.807) is 20.1 Å². The Morgan fingerprint density at radius 2 is 2.20 bits per heavy atom. The number of hydrogen-bond donors (Lipinski definition) is 1. The van der Waals surface area contributed by atoms with Crippen molar-refractivity contribution in [2.45, 2.75) is 25.8 Å². The fourth-order valence-corrected chi connectivity index (χ4v) is 2.29. The van der Waals surface area contributed by atoms with E-state index in [4.69, 9.17) is 9.88 Å². The molecule has 1 atom stereocenters. The second-order valence-corrected chi connectivity index (χ2v) is 4.87. The average molecular weight is 236 g/mol. The SMILES string of the molecule is C=CC[C@H](C)N(CCCOC)S(N)(=O)=O. The van der Waals surface area contributed by atoms with Crippen molar-refractivity contribution in [1.29, 1.82) is 0 Å². The minimum atomic E-state index is -3.64. The molecular formula is C9H20N2O3S. The van der Waals surface area contributed by atoms with Gasteiger partial charge in [0.15, 0.2) is 0 Å². The Balaban J connectivity index is 4.38. The van der Waals surface area contributed by atoms with Crippen LogP contribution in [0.25, 0.3) is 0 Å². The second kappa shape index (κ2) is 6.95. The van der Waals surface area contributed by atoms with E-state index in [1.807, 2.05) is 0 Å². The molecule has 90 valence electrons. The minimum Gasteiger partial charge on any atom is -0.385 e. The molecule has 0 aromatic carbocycles. The summed E-state index contributed by atoms with van der Waals surface area (Å²) < 4.78 is 28.7. The van der Waals surface area contributed by atoms with E-state index in [0.717, 1.165) is 0 Å². The molecule has 0 bridgehead atoms.